The number of carbonyl (C=O) groups excluding carboxylic acids is 2. The lowest BCUT2D eigenvalue weighted by Crippen LogP contribution is -2.34. The topological polar surface area (TPSA) is 95.9 Å². The standard InChI is InChI=1S/C17H21N3O4S/c1-20-16(21)10-9-15(19-20)17(22)18-12-5-4-8-14(11-12)25(23,24)13-6-2-3-7-13/h4-5,8,11,13H,2-3,6-7,9-10H2,1H3,(H,18,22). The fraction of sp³-hybridized carbons (Fsp3) is 0.471. The third kappa shape index (κ3) is 3.73. The summed E-state index contributed by atoms with van der Waals surface area (Å²) < 4.78 is 25.3. The average molecular weight is 363 g/mol. The van der Waals surface area contributed by atoms with E-state index in [4.69, 9.17) is 0 Å². The van der Waals surface area contributed by atoms with Crippen LogP contribution in [0.25, 0.3) is 0 Å². The minimum absolute atomic E-state index is 0.138. The molecule has 1 N–H and O–H groups in total. The Morgan fingerprint density at radius 3 is 2.64 bits per heavy atom. The summed E-state index contributed by atoms with van der Waals surface area (Å²) in [4.78, 5) is 24.0. The highest BCUT2D eigenvalue weighted by Gasteiger charge is 2.30. The first kappa shape index (κ1) is 17.6. The molecule has 1 aliphatic heterocycles. The van der Waals surface area contributed by atoms with E-state index < -0.39 is 15.7 Å². The number of anilines is 1. The zero-order valence-electron chi connectivity index (χ0n) is 14.1. The van der Waals surface area contributed by atoms with E-state index in [2.05, 4.69) is 10.4 Å². The van der Waals surface area contributed by atoms with Crippen LogP contribution in [0.4, 0.5) is 5.69 Å². The lowest BCUT2D eigenvalue weighted by molar-refractivity contribution is -0.130. The third-order valence-corrected chi connectivity index (χ3v) is 6.89. The van der Waals surface area contributed by atoms with Crippen molar-refractivity contribution in [3.63, 3.8) is 0 Å². The van der Waals surface area contributed by atoms with Gasteiger partial charge >= 0.3 is 0 Å². The predicted octanol–water partition coefficient (Wildman–Crippen LogP) is 1.95. The van der Waals surface area contributed by atoms with E-state index >= 15 is 0 Å². The van der Waals surface area contributed by atoms with Gasteiger partial charge in [0.2, 0.25) is 5.91 Å². The first-order valence-electron chi connectivity index (χ1n) is 8.37. The molecule has 0 saturated heterocycles. The molecule has 0 radical (unpaired) electrons. The van der Waals surface area contributed by atoms with Gasteiger partial charge in [0, 0.05) is 25.6 Å². The zero-order valence-corrected chi connectivity index (χ0v) is 14.9. The van der Waals surface area contributed by atoms with Crippen molar-refractivity contribution in [2.24, 2.45) is 5.10 Å². The minimum Gasteiger partial charge on any atom is -0.321 e. The van der Waals surface area contributed by atoms with Crippen LogP contribution in [0.1, 0.15) is 38.5 Å². The van der Waals surface area contributed by atoms with Gasteiger partial charge in [0.15, 0.2) is 9.84 Å². The van der Waals surface area contributed by atoms with Crippen LogP contribution in [-0.4, -0.2) is 43.3 Å². The van der Waals surface area contributed by atoms with Crippen molar-refractivity contribution in [3.05, 3.63) is 24.3 Å². The lowest BCUT2D eigenvalue weighted by atomic mass is 10.1. The quantitative estimate of drug-likeness (QED) is 0.884. The summed E-state index contributed by atoms with van der Waals surface area (Å²) in [5, 5.41) is 7.46. The fourth-order valence-corrected chi connectivity index (χ4v) is 5.08. The molecule has 0 spiro atoms. The van der Waals surface area contributed by atoms with Crippen molar-refractivity contribution in [3.8, 4) is 0 Å². The number of benzene rings is 1. The molecule has 1 aliphatic carbocycles. The van der Waals surface area contributed by atoms with Gasteiger partial charge in [0.25, 0.3) is 5.91 Å². The summed E-state index contributed by atoms with van der Waals surface area (Å²) in [6.45, 7) is 0. The van der Waals surface area contributed by atoms with Crippen molar-refractivity contribution in [1.29, 1.82) is 0 Å². The van der Waals surface area contributed by atoms with Crippen LogP contribution < -0.4 is 5.32 Å². The number of carbonyl (C=O) groups is 2. The van der Waals surface area contributed by atoms with Gasteiger partial charge in [-0.15, -0.1) is 0 Å². The number of hydrogen-bond acceptors (Lipinski definition) is 5. The highest BCUT2D eigenvalue weighted by Crippen LogP contribution is 2.30. The van der Waals surface area contributed by atoms with Gasteiger partial charge in [0.05, 0.1) is 10.1 Å². The van der Waals surface area contributed by atoms with Crippen LogP contribution in [-0.2, 0) is 19.4 Å². The van der Waals surface area contributed by atoms with E-state index in [9.17, 15) is 18.0 Å². The summed E-state index contributed by atoms with van der Waals surface area (Å²) >= 11 is 0. The predicted molar refractivity (Wildman–Crippen MR) is 94.0 cm³/mol. The van der Waals surface area contributed by atoms with Crippen LogP contribution in [0, 0.1) is 0 Å². The Morgan fingerprint density at radius 2 is 1.96 bits per heavy atom. The van der Waals surface area contributed by atoms with Crippen molar-refractivity contribution in [2.75, 3.05) is 12.4 Å². The smallest absolute Gasteiger partial charge is 0.271 e. The van der Waals surface area contributed by atoms with Gasteiger partial charge in [0.1, 0.15) is 5.71 Å². The molecule has 1 aromatic rings. The second-order valence-electron chi connectivity index (χ2n) is 6.40. The number of nitrogens with one attached hydrogen (secondary N) is 1. The molecular weight excluding hydrogens is 342 g/mol. The number of hydrazone groups is 1. The van der Waals surface area contributed by atoms with E-state index in [1.807, 2.05) is 0 Å². The molecule has 1 fully saturated rings. The number of hydrogen-bond donors (Lipinski definition) is 1. The van der Waals surface area contributed by atoms with E-state index in [1.165, 1.54) is 13.1 Å². The van der Waals surface area contributed by atoms with E-state index in [1.54, 1.807) is 18.2 Å². The Hall–Kier alpha value is -2.22. The van der Waals surface area contributed by atoms with Crippen LogP contribution in [0.3, 0.4) is 0 Å². The first-order valence-corrected chi connectivity index (χ1v) is 9.92. The molecule has 8 heteroatoms. The molecule has 2 aliphatic rings. The Kier molecular flexibility index (Phi) is 4.89. The fourth-order valence-electron chi connectivity index (χ4n) is 3.18. The summed E-state index contributed by atoms with van der Waals surface area (Å²) in [6, 6.07) is 6.32. The number of sulfone groups is 1. The zero-order chi connectivity index (χ0) is 18.0. The molecular formula is C17H21N3O4S. The Bertz CT molecular complexity index is 826. The van der Waals surface area contributed by atoms with Crippen molar-refractivity contribution < 1.29 is 18.0 Å². The van der Waals surface area contributed by atoms with Gasteiger partial charge in [-0.3, -0.25) is 9.59 Å². The van der Waals surface area contributed by atoms with Crippen LogP contribution >= 0.6 is 0 Å². The maximum Gasteiger partial charge on any atom is 0.271 e. The first-order chi connectivity index (χ1) is 11.9. The second kappa shape index (κ2) is 6.95. The SMILES string of the molecule is CN1N=C(C(=O)Nc2cccc(S(=O)(=O)C3CCCC3)c2)CCC1=O. The van der Waals surface area contributed by atoms with Gasteiger partial charge in [-0.1, -0.05) is 18.9 Å². The van der Waals surface area contributed by atoms with Crippen molar-refractivity contribution in [2.45, 2.75) is 48.7 Å². The molecule has 1 aromatic carbocycles. The number of rotatable bonds is 4. The second-order valence-corrected chi connectivity index (χ2v) is 8.63. The number of amides is 2. The third-order valence-electron chi connectivity index (χ3n) is 4.63. The maximum atomic E-state index is 12.7. The van der Waals surface area contributed by atoms with Gasteiger partial charge in [-0.2, -0.15) is 5.10 Å². The summed E-state index contributed by atoms with van der Waals surface area (Å²) in [6.07, 6.45) is 3.76. The van der Waals surface area contributed by atoms with Crippen molar-refractivity contribution >= 4 is 33.1 Å². The van der Waals surface area contributed by atoms with Crippen LogP contribution in [0.15, 0.2) is 34.3 Å². The summed E-state index contributed by atoms with van der Waals surface area (Å²) in [7, 11) is -1.87. The molecule has 25 heavy (non-hydrogen) atoms. The van der Waals surface area contributed by atoms with E-state index in [-0.39, 0.29) is 34.6 Å². The molecule has 1 saturated carbocycles. The minimum atomic E-state index is -3.37. The number of nitrogens with zero attached hydrogens (tertiary/aromatic N) is 2. The molecule has 0 aromatic heterocycles. The van der Waals surface area contributed by atoms with E-state index in [0.717, 1.165) is 17.9 Å². The molecule has 2 amide bonds. The van der Waals surface area contributed by atoms with Gasteiger partial charge in [-0.05, 0) is 31.0 Å². The van der Waals surface area contributed by atoms with E-state index in [0.29, 0.717) is 18.5 Å². The molecule has 3 rings (SSSR count). The highest BCUT2D eigenvalue weighted by atomic mass is 32.2. The Balaban J connectivity index is 1.77. The monoisotopic (exact) mass is 363 g/mol. The van der Waals surface area contributed by atoms with Gasteiger partial charge in [-0.25, -0.2) is 13.4 Å². The average Bonchev–Trinajstić information content (AvgIpc) is 3.13. The largest absolute Gasteiger partial charge is 0.321 e. The Morgan fingerprint density at radius 1 is 1.24 bits per heavy atom. The van der Waals surface area contributed by atoms with Crippen molar-refractivity contribution in [1.82, 2.24) is 5.01 Å². The summed E-state index contributed by atoms with van der Waals surface area (Å²) in [5.41, 5.74) is 0.664. The molecule has 1 heterocycles. The normalized spacial score (nSPS) is 19.0. The molecule has 134 valence electrons. The maximum absolute atomic E-state index is 12.7. The lowest BCUT2D eigenvalue weighted by Gasteiger charge is -2.19. The van der Waals surface area contributed by atoms with Gasteiger partial charge < -0.3 is 5.32 Å². The van der Waals surface area contributed by atoms with Crippen LogP contribution in [0.2, 0.25) is 0 Å². The molecule has 0 atom stereocenters. The Labute approximate surface area is 147 Å². The highest BCUT2D eigenvalue weighted by molar-refractivity contribution is 7.92. The molecule has 7 nitrogen and oxygen atoms in total. The summed E-state index contributed by atoms with van der Waals surface area (Å²) in [5.74, 6) is -0.559. The molecule has 0 unspecified atom stereocenters. The van der Waals surface area contributed by atoms with Crippen LogP contribution in [0.5, 0.6) is 0 Å². The molecule has 0 bridgehead atoms.